The Morgan fingerprint density at radius 2 is 2.16 bits per heavy atom. The van der Waals surface area contributed by atoms with E-state index in [9.17, 15) is 4.79 Å². The molecule has 3 N–H and O–H groups in total. The first-order valence-corrected chi connectivity index (χ1v) is 7.12. The molecular weight excluding hydrogens is 262 g/mol. The van der Waals surface area contributed by atoms with Gasteiger partial charge in [0.2, 0.25) is 0 Å². The molecule has 5 heteroatoms. The number of anilines is 1. The highest BCUT2D eigenvalue weighted by Gasteiger charge is 2.37. The fraction of sp³-hybridized carbons (Fsp3) is 0.500. The van der Waals surface area contributed by atoms with E-state index in [1.165, 1.54) is 19.4 Å². The van der Waals surface area contributed by atoms with Crippen molar-refractivity contribution < 1.29 is 4.79 Å². The second-order valence-corrected chi connectivity index (χ2v) is 5.82. The van der Waals surface area contributed by atoms with Crippen LogP contribution in [-0.2, 0) is 0 Å². The van der Waals surface area contributed by atoms with Crippen LogP contribution in [0.25, 0.3) is 0 Å². The first kappa shape index (κ1) is 12.8. The lowest BCUT2D eigenvalue weighted by Gasteiger charge is -2.21. The zero-order valence-corrected chi connectivity index (χ0v) is 11.5. The smallest absolute Gasteiger partial charge is 0.251 e. The number of carbonyl (C=O) groups is 1. The summed E-state index contributed by atoms with van der Waals surface area (Å²) in [7, 11) is 0. The molecule has 2 fully saturated rings. The van der Waals surface area contributed by atoms with Crippen LogP contribution >= 0.6 is 11.6 Å². The van der Waals surface area contributed by atoms with Crippen LogP contribution in [0.3, 0.4) is 0 Å². The Hall–Kier alpha value is -1.26. The lowest BCUT2D eigenvalue weighted by molar-refractivity contribution is 0.0929. The predicted molar refractivity (Wildman–Crippen MR) is 76.3 cm³/mol. The van der Waals surface area contributed by atoms with Crippen molar-refractivity contribution >= 4 is 23.2 Å². The Bertz CT molecular complexity index is 485. The number of carbonyl (C=O) groups excluding carboxylic acids is 1. The minimum absolute atomic E-state index is 0.0760. The zero-order chi connectivity index (χ0) is 13.4. The maximum atomic E-state index is 12.2. The topological polar surface area (TPSA) is 58.4 Å². The molecule has 102 valence electrons. The molecule has 0 bridgehead atoms. The molecule has 2 saturated heterocycles. The van der Waals surface area contributed by atoms with Crippen LogP contribution in [0.15, 0.2) is 18.2 Å². The summed E-state index contributed by atoms with van der Waals surface area (Å²) in [6.45, 7) is 2.26. The van der Waals surface area contributed by atoms with E-state index in [4.69, 9.17) is 17.3 Å². The van der Waals surface area contributed by atoms with Crippen LogP contribution in [0.2, 0.25) is 5.02 Å². The molecule has 1 aromatic carbocycles. The summed E-state index contributed by atoms with van der Waals surface area (Å²) in [6, 6.07) is 5.75. The second-order valence-electron chi connectivity index (χ2n) is 5.39. The number of benzene rings is 1. The van der Waals surface area contributed by atoms with Crippen LogP contribution in [0.5, 0.6) is 0 Å². The summed E-state index contributed by atoms with van der Waals surface area (Å²) in [5, 5.41) is 3.63. The maximum absolute atomic E-state index is 12.2. The third kappa shape index (κ3) is 2.55. The molecule has 1 amide bonds. The number of hydrogen-bond acceptors (Lipinski definition) is 3. The highest BCUT2D eigenvalue weighted by atomic mass is 35.5. The van der Waals surface area contributed by atoms with Crippen molar-refractivity contribution in [2.75, 3.05) is 18.8 Å². The number of rotatable bonds is 2. The molecule has 19 heavy (non-hydrogen) atoms. The van der Waals surface area contributed by atoms with E-state index >= 15 is 0 Å². The van der Waals surface area contributed by atoms with Crippen molar-refractivity contribution in [3.8, 4) is 0 Å². The molecule has 4 nitrogen and oxygen atoms in total. The van der Waals surface area contributed by atoms with Crippen LogP contribution in [0.1, 0.15) is 29.6 Å². The maximum Gasteiger partial charge on any atom is 0.251 e. The molecule has 0 saturated carbocycles. The van der Waals surface area contributed by atoms with Gasteiger partial charge < -0.3 is 11.1 Å². The van der Waals surface area contributed by atoms with Crippen LogP contribution in [0, 0.1) is 0 Å². The Morgan fingerprint density at radius 3 is 2.95 bits per heavy atom. The molecule has 2 aliphatic heterocycles. The standard InChI is InChI=1S/C14H18ClN3O/c15-10-6-9(7-11(16)8-10)14(19)17-12-3-5-18-4-1-2-13(12)18/h6-8,12-13H,1-5,16H2,(H,17,19). The van der Waals surface area contributed by atoms with Gasteiger partial charge in [-0.3, -0.25) is 9.69 Å². The van der Waals surface area contributed by atoms with E-state index in [0.29, 0.717) is 22.3 Å². The molecule has 0 aromatic heterocycles. The number of hydrogen-bond donors (Lipinski definition) is 2. The zero-order valence-electron chi connectivity index (χ0n) is 10.7. The van der Waals surface area contributed by atoms with Gasteiger partial charge in [0.15, 0.2) is 0 Å². The van der Waals surface area contributed by atoms with Crippen molar-refractivity contribution in [2.24, 2.45) is 0 Å². The predicted octanol–water partition coefficient (Wildman–Crippen LogP) is 1.89. The summed E-state index contributed by atoms with van der Waals surface area (Å²) in [4.78, 5) is 14.7. The van der Waals surface area contributed by atoms with Gasteiger partial charge in [-0.1, -0.05) is 11.6 Å². The molecule has 3 rings (SSSR count). The Labute approximate surface area is 117 Å². The van der Waals surface area contributed by atoms with E-state index in [1.807, 2.05) is 0 Å². The lowest BCUT2D eigenvalue weighted by atomic mass is 10.1. The van der Waals surface area contributed by atoms with E-state index in [-0.39, 0.29) is 11.9 Å². The molecule has 2 unspecified atom stereocenters. The number of nitrogens with one attached hydrogen (secondary N) is 1. The molecule has 2 aliphatic rings. The average Bonchev–Trinajstić information content (AvgIpc) is 2.92. The van der Waals surface area contributed by atoms with E-state index in [0.717, 1.165) is 13.0 Å². The monoisotopic (exact) mass is 279 g/mol. The van der Waals surface area contributed by atoms with Gasteiger partial charge in [0.05, 0.1) is 0 Å². The first-order chi connectivity index (χ1) is 9.13. The summed E-state index contributed by atoms with van der Waals surface area (Å²) >= 11 is 5.93. The van der Waals surface area contributed by atoms with Gasteiger partial charge in [-0.25, -0.2) is 0 Å². The quantitative estimate of drug-likeness (QED) is 0.813. The van der Waals surface area contributed by atoms with Crippen molar-refractivity contribution in [1.29, 1.82) is 0 Å². The van der Waals surface area contributed by atoms with Gasteiger partial charge >= 0.3 is 0 Å². The fourth-order valence-corrected chi connectivity index (χ4v) is 3.49. The van der Waals surface area contributed by atoms with Gasteiger partial charge in [0.1, 0.15) is 0 Å². The number of nitrogens with two attached hydrogens (primary N) is 1. The van der Waals surface area contributed by atoms with Gasteiger partial charge in [-0.15, -0.1) is 0 Å². The van der Waals surface area contributed by atoms with Gasteiger partial charge in [0, 0.05) is 34.9 Å². The summed E-state index contributed by atoms with van der Waals surface area (Å²) < 4.78 is 0. The van der Waals surface area contributed by atoms with Crippen molar-refractivity contribution in [1.82, 2.24) is 10.2 Å². The molecule has 0 spiro atoms. The first-order valence-electron chi connectivity index (χ1n) is 6.74. The van der Waals surface area contributed by atoms with Crippen molar-refractivity contribution in [2.45, 2.75) is 31.3 Å². The molecule has 0 radical (unpaired) electrons. The number of nitrogens with zero attached hydrogens (tertiary/aromatic N) is 1. The largest absolute Gasteiger partial charge is 0.399 e. The molecular formula is C14H18ClN3O. The minimum atomic E-state index is -0.0760. The number of amides is 1. The number of nitrogen functional groups attached to an aromatic ring is 1. The van der Waals surface area contributed by atoms with Crippen LogP contribution in [0.4, 0.5) is 5.69 Å². The molecule has 1 aromatic rings. The molecule has 2 heterocycles. The Morgan fingerprint density at radius 1 is 1.32 bits per heavy atom. The lowest BCUT2D eigenvalue weighted by Crippen LogP contribution is -2.42. The van der Waals surface area contributed by atoms with Gasteiger partial charge in [-0.05, 0) is 44.0 Å². The normalized spacial score (nSPS) is 26.4. The third-order valence-corrected chi connectivity index (χ3v) is 4.32. The average molecular weight is 280 g/mol. The Kier molecular flexibility index (Phi) is 3.37. The Balaban J connectivity index is 1.71. The van der Waals surface area contributed by atoms with Gasteiger partial charge in [-0.2, -0.15) is 0 Å². The third-order valence-electron chi connectivity index (χ3n) is 4.10. The summed E-state index contributed by atoms with van der Waals surface area (Å²) in [6.07, 6.45) is 3.45. The van der Waals surface area contributed by atoms with E-state index in [2.05, 4.69) is 10.2 Å². The van der Waals surface area contributed by atoms with E-state index in [1.54, 1.807) is 18.2 Å². The number of fused-ring (bicyclic) bond motifs is 1. The SMILES string of the molecule is Nc1cc(Cl)cc(C(=O)NC2CCN3CCCC23)c1. The highest BCUT2D eigenvalue weighted by molar-refractivity contribution is 6.31. The van der Waals surface area contributed by atoms with Gasteiger partial charge in [0.25, 0.3) is 5.91 Å². The fourth-order valence-electron chi connectivity index (χ4n) is 3.25. The van der Waals surface area contributed by atoms with E-state index < -0.39 is 0 Å². The summed E-state index contributed by atoms with van der Waals surface area (Å²) in [5.74, 6) is -0.0760. The minimum Gasteiger partial charge on any atom is -0.399 e. The van der Waals surface area contributed by atoms with Crippen LogP contribution in [-0.4, -0.2) is 36.0 Å². The summed E-state index contributed by atoms with van der Waals surface area (Å²) in [5.41, 5.74) is 6.78. The second kappa shape index (κ2) is 5.02. The van der Waals surface area contributed by atoms with Crippen molar-refractivity contribution in [3.63, 3.8) is 0 Å². The molecule has 0 aliphatic carbocycles. The highest BCUT2D eigenvalue weighted by Crippen LogP contribution is 2.28. The van der Waals surface area contributed by atoms with Crippen LogP contribution < -0.4 is 11.1 Å². The number of halogens is 1. The molecule has 2 atom stereocenters. The van der Waals surface area contributed by atoms with Crippen molar-refractivity contribution in [3.05, 3.63) is 28.8 Å².